The molecule has 4 aromatic rings. The van der Waals surface area contributed by atoms with Gasteiger partial charge in [-0.25, -0.2) is 4.79 Å². The maximum absolute atomic E-state index is 13.8. The molecule has 0 aliphatic rings. The number of hydrogen-bond donors (Lipinski definition) is 0. The minimum Gasteiger partial charge on any atom is -0.264 e. The highest BCUT2D eigenvalue weighted by Crippen LogP contribution is 2.30. The van der Waals surface area contributed by atoms with Gasteiger partial charge in [-0.2, -0.15) is 0 Å². The Morgan fingerprint density at radius 1 is 0.800 bits per heavy atom. The molecule has 4 rings (SSSR count). The van der Waals surface area contributed by atoms with Crippen LogP contribution in [0.25, 0.3) is 22.6 Å². The van der Waals surface area contributed by atoms with Crippen molar-refractivity contribution >= 4 is 31.9 Å². The van der Waals surface area contributed by atoms with Crippen LogP contribution in [0.3, 0.4) is 0 Å². The second-order valence-electron chi connectivity index (χ2n) is 7.32. The van der Waals surface area contributed by atoms with Crippen LogP contribution in [-0.4, -0.2) is 9.13 Å². The fraction of sp³-hybridized carbons (Fsp3) is 0.160. The van der Waals surface area contributed by atoms with Crippen LogP contribution in [0.15, 0.2) is 86.5 Å². The van der Waals surface area contributed by atoms with Gasteiger partial charge in [0, 0.05) is 14.5 Å². The number of nitrogens with zero attached hydrogens (tertiary/aromatic N) is 2. The monoisotopic (exact) mass is 524 g/mol. The fourth-order valence-corrected chi connectivity index (χ4v) is 4.32. The van der Waals surface area contributed by atoms with Crippen LogP contribution in [0.4, 0.5) is 0 Å². The van der Waals surface area contributed by atoms with E-state index in [2.05, 4.69) is 63.9 Å². The first-order valence-electron chi connectivity index (χ1n) is 9.95. The van der Waals surface area contributed by atoms with Gasteiger partial charge >= 0.3 is 5.69 Å². The summed E-state index contributed by atoms with van der Waals surface area (Å²) in [6.07, 6.45) is 1.75. The summed E-state index contributed by atoms with van der Waals surface area (Å²) < 4.78 is 5.67. The minimum atomic E-state index is -0.0559. The molecule has 0 saturated heterocycles. The van der Waals surface area contributed by atoms with Gasteiger partial charge in [0.1, 0.15) is 0 Å². The maximum Gasteiger partial charge on any atom is 0.338 e. The van der Waals surface area contributed by atoms with Crippen molar-refractivity contribution in [2.45, 2.75) is 26.7 Å². The lowest BCUT2D eigenvalue weighted by molar-refractivity contribution is 0.823. The minimum absolute atomic E-state index is 0.0559. The van der Waals surface area contributed by atoms with Crippen molar-refractivity contribution in [1.82, 2.24) is 9.13 Å². The zero-order valence-electron chi connectivity index (χ0n) is 16.9. The Balaban J connectivity index is 2.10. The lowest BCUT2D eigenvalue weighted by Gasteiger charge is -2.12. The average Bonchev–Trinajstić information content (AvgIpc) is 3.02. The van der Waals surface area contributed by atoms with E-state index in [4.69, 9.17) is 0 Å². The molecule has 3 nitrogen and oxygen atoms in total. The fourth-order valence-electron chi connectivity index (χ4n) is 3.79. The molecule has 0 atom stereocenters. The molecule has 5 heteroatoms. The zero-order chi connectivity index (χ0) is 21.3. The van der Waals surface area contributed by atoms with Crippen molar-refractivity contribution in [2.75, 3.05) is 0 Å². The molecule has 0 spiro atoms. The van der Waals surface area contributed by atoms with Gasteiger partial charge in [-0.15, -0.1) is 0 Å². The molecule has 152 valence electrons. The molecule has 30 heavy (non-hydrogen) atoms. The number of aromatic nitrogens is 2. The molecular formula is C25H22Br2N2O. The molecule has 0 aliphatic carbocycles. The Morgan fingerprint density at radius 2 is 1.37 bits per heavy atom. The Morgan fingerprint density at radius 3 is 1.90 bits per heavy atom. The van der Waals surface area contributed by atoms with E-state index >= 15 is 0 Å². The topological polar surface area (TPSA) is 26.9 Å². The molecule has 0 unspecified atom stereocenters. The first kappa shape index (κ1) is 20.9. The summed E-state index contributed by atoms with van der Waals surface area (Å²) in [7, 11) is 0. The van der Waals surface area contributed by atoms with E-state index in [-0.39, 0.29) is 5.69 Å². The Hall–Kier alpha value is -2.37. The van der Waals surface area contributed by atoms with Crippen molar-refractivity contribution in [3.05, 3.63) is 103 Å². The number of halogens is 2. The smallest absolute Gasteiger partial charge is 0.264 e. The molecule has 0 fully saturated rings. The molecule has 1 heterocycles. The van der Waals surface area contributed by atoms with Gasteiger partial charge in [0.05, 0.1) is 22.8 Å². The van der Waals surface area contributed by atoms with E-state index in [1.807, 2.05) is 63.7 Å². The first-order chi connectivity index (χ1) is 14.5. The highest BCUT2D eigenvalue weighted by molar-refractivity contribution is 9.10. The zero-order valence-corrected chi connectivity index (χ0v) is 20.1. The van der Waals surface area contributed by atoms with Crippen LogP contribution in [0, 0.1) is 6.92 Å². The largest absolute Gasteiger partial charge is 0.338 e. The van der Waals surface area contributed by atoms with Crippen molar-refractivity contribution in [3.63, 3.8) is 0 Å². The molecule has 0 amide bonds. The second-order valence-corrected chi connectivity index (χ2v) is 9.15. The lowest BCUT2D eigenvalue weighted by atomic mass is 10.0. The lowest BCUT2D eigenvalue weighted by Crippen LogP contribution is -2.23. The third kappa shape index (κ3) is 3.96. The Bertz CT molecular complexity index is 1240. The molecule has 1 aromatic heterocycles. The third-order valence-corrected chi connectivity index (χ3v) is 6.15. The van der Waals surface area contributed by atoms with Gasteiger partial charge in [-0.1, -0.05) is 69.0 Å². The highest BCUT2D eigenvalue weighted by Gasteiger charge is 2.23. The van der Waals surface area contributed by atoms with Crippen LogP contribution >= 0.6 is 31.9 Å². The number of rotatable bonds is 5. The summed E-state index contributed by atoms with van der Waals surface area (Å²) in [6.45, 7) is 4.23. The Labute approximate surface area is 193 Å². The summed E-state index contributed by atoms with van der Waals surface area (Å²) >= 11 is 7.00. The van der Waals surface area contributed by atoms with Crippen LogP contribution in [0.2, 0.25) is 0 Å². The second kappa shape index (κ2) is 8.78. The summed E-state index contributed by atoms with van der Waals surface area (Å²) in [5.74, 6) is 0. The molecule has 0 saturated carbocycles. The molecule has 0 N–H and O–H groups in total. The van der Waals surface area contributed by atoms with Crippen LogP contribution in [0.5, 0.6) is 0 Å². The molecule has 0 aliphatic heterocycles. The number of aryl methyl sites for hydroxylation is 1. The molecular weight excluding hydrogens is 504 g/mol. The van der Waals surface area contributed by atoms with Gasteiger partial charge < -0.3 is 0 Å². The van der Waals surface area contributed by atoms with Crippen LogP contribution in [0.1, 0.15) is 24.6 Å². The predicted octanol–water partition coefficient (Wildman–Crippen LogP) is 7.08. The SMILES string of the molecule is CCCc1c(-c2cccc(C)c2)n(-c2ccc(Br)cc2)c(=O)n1-c1ccc(Br)cc1. The van der Waals surface area contributed by atoms with E-state index in [1.54, 1.807) is 0 Å². The van der Waals surface area contributed by atoms with Crippen molar-refractivity contribution in [3.8, 4) is 22.6 Å². The normalized spacial score (nSPS) is 11.1. The number of imidazole rings is 1. The van der Waals surface area contributed by atoms with Crippen molar-refractivity contribution in [2.24, 2.45) is 0 Å². The third-order valence-electron chi connectivity index (χ3n) is 5.10. The van der Waals surface area contributed by atoms with E-state index in [1.165, 1.54) is 5.56 Å². The summed E-state index contributed by atoms with van der Waals surface area (Å²) in [4.78, 5) is 13.8. The molecule has 3 aromatic carbocycles. The summed E-state index contributed by atoms with van der Waals surface area (Å²) in [5.41, 5.74) is 5.87. The number of hydrogen-bond acceptors (Lipinski definition) is 1. The van der Waals surface area contributed by atoms with E-state index in [0.717, 1.165) is 50.1 Å². The van der Waals surface area contributed by atoms with Crippen molar-refractivity contribution in [1.29, 1.82) is 0 Å². The summed E-state index contributed by atoms with van der Waals surface area (Å²) in [6, 6.07) is 24.2. The van der Waals surface area contributed by atoms with Gasteiger partial charge in [-0.05, 0) is 67.9 Å². The van der Waals surface area contributed by atoms with Gasteiger partial charge in [0.25, 0.3) is 0 Å². The molecule has 0 bridgehead atoms. The maximum atomic E-state index is 13.8. The van der Waals surface area contributed by atoms with Crippen LogP contribution in [-0.2, 0) is 6.42 Å². The van der Waals surface area contributed by atoms with E-state index < -0.39 is 0 Å². The first-order valence-corrected chi connectivity index (χ1v) is 11.5. The highest BCUT2D eigenvalue weighted by atomic mass is 79.9. The molecule has 0 radical (unpaired) electrons. The summed E-state index contributed by atoms with van der Waals surface area (Å²) in [5, 5.41) is 0. The Kier molecular flexibility index (Phi) is 6.11. The average molecular weight is 526 g/mol. The van der Waals surface area contributed by atoms with E-state index in [9.17, 15) is 4.79 Å². The van der Waals surface area contributed by atoms with Gasteiger partial charge in [0.2, 0.25) is 0 Å². The predicted molar refractivity (Wildman–Crippen MR) is 131 cm³/mol. The van der Waals surface area contributed by atoms with Gasteiger partial charge in [0.15, 0.2) is 0 Å². The van der Waals surface area contributed by atoms with Crippen molar-refractivity contribution < 1.29 is 0 Å². The van der Waals surface area contributed by atoms with E-state index in [0.29, 0.717) is 0 Å². The standard InChI is InChI=1S/C25H22Br2N2O/c1-3-5-23-24(18-7-4-6-17(2)16-18)29(22-14-10-20(27)11-15-22)25(30)28(23)21-12-8-19(26)9-13-21/h4,6-16H,3,5H2,1-2H3. The van der Waals surface area contributed by atoms with Gasteiger partial charge in [-0.3, -0.25) is 9.13 Å². The van der Waals surface area contributed by atoms with Crippen LogP contribution < -0.4 is 5.69 Å². The number of benzene rings is 3. The quantitative estimate of drug-likeness (QED) is 0.273.